The van der Waals surface area contributed by atoms with Crippen molar-refractivity contribution in [2.75, 3.05) is 26.3 Å². The molecule has 27 heavy (non-hydrogen) atoms. The normalized spacial score (nSPS) is 15.5. The van der Waals surface area contributed by atoms with Gasteiger partial charge in [0.05, 0.1) is 23.7 Å². The molecule has 3 rings (SSSR count). The zero-order valence-corrected chi connectivity index (χ0v) is 15.7. The van der Waals surface area contributed by atoms with E-state index in [9.17, 15) is 17.6 Å². The van der Waals surface area contributed by atoms with E-state index >= 15 is 0 Å². The molecule has 2 aromatic carbocycles. The van der Waals surface area contributed by atoms with Crippen molar-refractivity contribution in [2.45, 2.75) is 18.4 Å². The van der Waals surface area contributed by atoms with Crippen molar-refractivity contribution < 1.29 is 27.1 Å². The SMILES string of the molecule is Cc1ccc(COC(=O)c2cc(S(=O)(=O)N3CCOCC3)ccc2F)cc1. The first kappa shape index (κ1) is 19.5. The number of carbonyl (C=O) groups is 1. The highest BCUT2D eigenvalue weighted by Crippen LogP contribution is 2.21. The van der Waals surface area contributed by atoms with Crippen molar-refractivity contribution in [3.8, 4) is 0 Å². The monoisotopic (exact) mass is 393 g/mol. The van der Waals surface area contributed by atoms with Crippen molar-refractivity contribution >= 4 is 16.0 Å². The van der Waals surface area contributed by atoms with Crippen LogP contribution in [0.2, 0.25) is 0 Å². The standard InChI is InChI=1S/C19H20FNO5S/c1-14-2-4-15(5-3-14)13-26-19(22)17-12-16(6-7-18(17)20)27(23,24)21-8-10-25-11-9-21/h2-7,12H,8-11,13H2,1H3. The molecule has 0 saturated carbocycles. The Morgan fingerprint density at radius 1 is 1.15 bits per heavy atom. The Morgan fingerprint density at radius 2 is 1.81 bits per heavy atom. The third kappa shape index (κ3) is 4.52. The van der Waals surface area contributed by atoms with Crippen LogP contribution in [-0.2, 0) is 26.1 Å². The van der Waals surface area contributed by atoms with E-state index in [1.807, 2.05) is 19.1 Å². The summed E-state index contributed by atoms with van der Waals surface area (Å²) in [5.41, 5.74) is 1.42. The summed E-state index contributed by atoms with van der Waals surface area (Å²) in [6.45, 7) is 2.93. The smallest absolute Gasteiger partial charge is 0.341 e. The Hall–Kier alpha value is -2.29. The van der Waals surface area contributed by atoms with Gasteiger partial charge in [-0.3, -0.25) is 0 Å². The Labute approximate surface area is 157 Å². The quantitative estimate of drug-likeness (QED) is 0.730. The zero-order chi connectivity index (χ0) is 19.4. The van der Waals surface area contributed by atoms with E-state index in [1.165, 1.54) is 4.31 Å². The second-order valence-corrected chi connectivity index (χ2v) is 8.16. The number of benzene rings is 2. The molecule has 1 heterocycles. The number of aryl methyl sites for hydroxylation is 1. The Kier molecular flexibility index (Phi) is 5.88. The molecule has 1 saturated heterocycles. The van der Waals surface area contributed by atoms with E-state index < -0.39 is 27.4 Å². The second-order valence-electron chi connectivity index (χ2n) is 6.22. The first-order chi connectivity index (χ1) is 12.9. The van der Waals surface area contributed by atoms with Crippen LogP contribution >= 0.6 is 0 Å². The summed E-state index contributed by atoms with van der Waals surface area (Å²) in [4.78, 5) is 12.1. The lowest BCUT2D eigenvalue weighted by molar-refractivity contribution is 0.0467. The number of morpholine rings is 1. The van der Waals surface area contributed by atoms with Crippen LogP contribution in [-0.4, -0.2) is 45.0 Å². The fraction of sp³-hybridized carbons (Fsp3) is 0.316. The number of sulfonamides is 1. The summed E-state index contributed by atoms with van der Waals surface area (Å²) in [6, 6.07) is 10.5. The molecule has 0 aliphatic carbocycles. The molecule has 0 atom stereocenters. The molecular weight excluding hydrogens is 373 g/mol. The van der Waals surface area contributed by atoms with Gasteiger partial charge in [-0.1, -0.05) is 29.8 Å². The molecule has 0 amide bonds. The summed E-state index contributed by atoms with van der Waals surface area (Å²) in [7, 11) is -3.83. The molecule has 8 heteroatoms. The van der Waals surface area contributed by atoms with Gasteiger partial charge in [-0.2, -0.15) is 4.31 Å². The van der Waals surface area contributed by atoms with E-state index in [2.05, 4.69) is 0 Å². The van der Waals surface area contributed by atoms with Gasteiger partial charge in [-0.15, -0.1) is 0 Å². The van der Waals surface area contributed by atoms with Crippen molar-refractivity contribution in [3.05, 3.63) is 65.0 Å². The van der Waals surface area contributed by atoms with Gasteiger partial charge in [0.25, 0.3) is 0 Å². The van der Waals surface area contributed by atoms with E-state index in [0.29, 0.717) is 13.2 Å². The topological polar surface area (TPSA) is 72.9 Å². The van der Waals surface area contributed by atoms with Crippen LogP contribution in [0.1, 0.15) is 21.5 Å². The number of rotatable bonds is 5. The van der Waals surface area contributed by atoms with Crippen LogP contribution in [0, 0.1) is 12.7 Å². The largest absolute Gasteiger partial charge is 0.457 e. The molecule has 0 aromatic heterocycles. The van der Waals surface area contributed by atoms with Crippen molar-refractivity contribution in [1.82, 2.24) is 4.31 Å². The first-order valence-electron chi connectivity index (χ1n) is 8.48. The van der Waals surface area contributed by atoms with Crippen LogP contribution in [0.25, 0.3) is 0 Å². The Morgan fingerprint density at radius 3 is 2.48 bits per heavy atom. The summed E-state index contributed by atoms with van der Waals surface area (Å²) in [6.07, 6.45) is 0. The molecule has 144 valence electrons. The van der Waals surface area contributed by atoms with Crippen LogP contribution < -0.4 is 0 Å². The summed E-state index contributed by atoms with van der Waals surface area (Å²) in [5.74, 6) is -1.74. The molecule has 2 aromatic rings. The van der Waals surface area contributed by atoms with Crippen LogP contribution in [0.5, 0.6) is 0 Å². The number of ether oxygens (including phenoxy) is 2. The predicted octanol–water partition coefficient (Wildman–Crippen LogP) is 2.51. The lowest BCUT2D eigenvalue weighted by Gasteiger charge is -2.26. The first-order valence-corrected chi connectivity index (χ1v) is 9.92. The van der Waals surface area contributed by atoms with E-state index in [0.717, 1.165) is 29.3 Å². The number of carbonyl (C=O) groups excluding carboxylic acids is 1. The number of hydrogen-bond donors (Lipinski definition) is 0. The third-order valence-corrected chi connectivity index (χ3v) is 6.15. The molecule has 1 aliphatic heterocycles. The highest BCUT2D eigenvalue weighted by atomic mass is 32.2. The van der Waals surface area contributed by atoms with Crippen LogP contribution in [0.3, 0.4) is 0 Å². The zero-order valence-electron chi connectivity index (χ0n) is 14.9. The van der Waals surface area contributed by atoms with Crippen molar-refractivity contribution in [1.29, 1.82) is 0 Å². The second kappa shape index (κ2) is 8.16. The molecule has 0 radical (unpaired) electrons. The average molecular weight is 393 g/mol. The van der Waals surface area contributed by atoms with Gasteiger partial charge in [0.15, 0.2) is 0 Å². The van der Waals surface area contributed by atoms with Crippen molar-refractivity contribution in [2.24, 2.45) is 0 Å². The number of esters is 1. The Balaban J connectivity index is 1.78. The minimum absolute atomic E-state index is 0.0288. The van der Waals surface area contributed by atoms with Crippen LogP contribution in [0.4, 0.5) is 4.39 Å². The van der Waals surface area contributed by atoms with E-state index in [4.69, 9.17) is 9.47 Å². The van der Waals surface area contributed by atoms with Gasteiger partial charge in [-0.05, 0) is 30.7 Å². The number of hydrogen-bond acceptors (Lipinski definition) is 5. The fourth-order valence-electron chi connectivity index (χ4n) is 2.67. The molecule has 1 fully saturated rings. The number of halogens is 1. The maximum Gasteiger partial charge on any atom is 0.341 e. The molecule has 0 bridgehead atoms. The van der Waals surface area contributed by atoms with Gasteiger partial charge in [0, 0.05) is 13.1 Å². The molecular formula is C19H20FNO5S. The van der Waals surface area contributed by atoms with Crippen LogP contribution in [0.15, 0.2) is 47.4 Å². The average Bonchev–Trinajstić information content (AvgIpc) is 2.68. The lowest BCUT2D eigenvalue weighted by atomic mass is 10.2. The van der Waals surface area contributed by atoms with Gasteiger partial charge in [0.2, 0.25) is 10.0 Å². The summed E-state index contributed by atoms with van der Waals surface area (Å²) in [5, 5.41) is 0. The van der Waals surface area contributed by atoms with Gasteiger partial charge in [-0.25, -0.2) is 17.6 Å². The highest BCUT2D eigenvalue weighted by molar-refractivity contribution is 7.89. The van der Waals surface area contributed by atoms with Gasteiger partial charge < -0.3 is 9.47 Å². The minimum atomic E-state index is -3.83. The molecule has 1 aliphatic rings. The molecule has 0 unspecified atom stereocenters. The predicted molar refractivity (Wildman–Crippen MR) is 96.3 cm³/mol. The van der Waals surface area contributed by atoms with E-state index in [1.54, 1.807) is 12.1 Å². The maximum absolute atomic E-state index is 14.1. The summed E-state index contributed by atoms with van der Waals surface area (Å²) >= 11 is 0. The molecule has 6 nitrogen and oxygen atoms in total. The highest BCUT2D eigenvalue weighted by Gasteiger charge is 2.28. The molecule has 0 spiro atoms. The third-order valence-electron chi connectivity index (χ3n) is 4.26. The fourth-order valence-corrected chi connectivity index (χ4v) is 4.10. The summed E-state index contributed by atoms with van der Waals surface area (Å²) < 4.78 is 51.0. The van der Waals surface area contributed by atoms with Crippen molar-refractivity contribution in [3.63, 3.8) is 0 Å². The Bertz CT molecular complexity index is 922. The lowest BCUT2D eigenvalue weighted by Crippen LogP contribution is -2.40. The number of nitrogens with zero attached hydrogens (tertiary/aromatic N) is 1. The molecule has 0 N–H and O–H groups in total. The maximum atomic E-state index is 14.1. The van der Waals surface area contributed by atoms with E-state index in [-0.39, 0.29) is 24.6 Å². The van der Waals surface area contributed by atoms with Gasteiger partial charge >= 0.3 is 5.97 Å². The minimum Gasteiger partial charge on any atom is -0.457 e. The van der Waals surface area contributed by atoms with Gasteiger partial charge in [0.1, 0.15) is 12.4 Å².